The monoisotopic (exact) mass is 546 g/mol. The molecule has 1 saturated carbocycles. The van der Waals surface area contributed by atoms with Gasteiger partial charge in [-0.15, -0.1) is 0 Å². The van der Waals surface area contributed by atoms with Gasteiger partial charge in [-0.05, 0) is 79.7 Å². The van der Waals surface area contributed by atoms with Crippen molar-refractivity contribution in [3.05, 3.63) is 70.8 Å². The van der Waals surface area contributed by atoms with Crippen LogP contribution in [0.4, 0.5) is 17.6 Å². The summed E-state index contributed by atoms with van der Waals surface area (Å²) in [6.07, 6.45) is -0.200. The third-order valence-electron chi connectivity index (χ3n) is 7.46. The number of rotatable bonds is 10. The molecular weight excluding hydrogens is 516 g/mol. The zero-order valence-electron chi connectivity index (χ0n) is 21.6. The second kappa shape index (κ2) is 10.4. The average Bonchev–Trinajstić information content (AvgIpc) is 3.44. The molecule has 0 bridgehead atoms. The summed E-state index contributed by atoms with van der Waals surface area (Å²) in [6.45, 7) is 3.33. The maximum absolute atomic E-state index is 14.6. The van der Waals surface area contributed by atoms with Gasteiger partial charge in [0, 0.05) is 42.3 Å². The van der Waals surface area contributed by atoms with Crippen LogP contribution < -0.4 is 9.47 Å². The van der Waals surface area contributed by atoms with Crippen molar-refractivity contribution < 1.29 is 37.2 Å². The van der Waals surface area contributed by atoms with Gasteiger partial charge < -0.3 is 19.7 Å². The predicted octanol–water partition coefficient (Wildman–Crippen LogP) is 5.69. The van der Waals surface area contributed by atoms with Crippen LogP contribution >= 0.6 is 0 Å². The Morgan fingerprint density at radius 1 is 1.03 bits per heavy atom. The molecule has 1 aromatic carbocycles. The zero-order valence-corrected chi connectivity index (χ0v) is 21.6. The van der Waals surface area contributed by atoms with E-state index in [0.29, 0.717) is 36.5 Å². The number of hydrogen-bond acceptors (Lipinski definition) is 6. The molecule has 0 amide bonds. The molecule has 6 nitrogen and oxygen atoms in total. The normalized spacial score (nSPS) is 19.9. The van der Waals surface area contributed by atoms with E-state index in [0.717, 1.165) is 35.9 Å². The first-order valence-corrected chi connectivity index (χ1v) is 12.9. The van der Waals surface area contributed by atoms with Crippen LogP contribution in [0, 0.1) is 17.7 Å². The fourth-order valence-corrected chi connectivity index (χ4v) is 5.39. The molecular formula is C29H30F4N2O4. The highest BCUT2D eigenvalue weighted by Gasteiger charge is 2.55. The van der Waals surface area contributed by atoms with Crippen molar-refractivity contribution >= 4 is 0 Å². The third-order valence-corrected chi connectivity index (χ3v) is 7.46. The molecule has 0 spiro atoms. The summed E-state index contributed by atoms with van der Waals surface area (Å²) in [5, 5.41) is 19.2. The third kappa shape index (κ3) is 6.01. The SMILES string of the molecule is CC(C)(O)CCCOc1cc(C(F)(F)F)c(-c2ccc(F)c(COc3cc4c(cn3)C3C(CO)C3C4)c2)cn1. The van der Waals surface area contributed by atoms with E-state index in [9.17, 15) is 27.8 Å². The van der Waals surface area contributed by atoms with E-state index in [2.05, 4.69) is 9.97 Å². The summed E-state index contributed by atoms with van der Waals surface area (Å²) < 4.78 is 67.6. The van der Waals surface area contributed by atoms with Gasteiger partial charge in [0.15, 0.2) is 0 Å². The number of aliphatic hydroxyl groups is 2. The lowest BCUT2D eigenvalue weighted by Gasteiger charge is -2.17. The van der Waals surface area contributed by atoms with E-state index in [1.54, 1.807) is 20.0 Å². The lowest BCUT2D eigenvalue weighted by molar-refractivity contribution is -0.137. The Balaban J connectivity index is 1.31. The number of aliphatic hydroxyl groups excluding tert-OH is 1. The zero-order chi connectivity index (χ0) is 27.9. The first kappa shape index (κ1) is 27.3. The van der Waals surface area contributed by atoms with E-state index in [4.69, 9.17) is 9.47 Å². The Morgan fingerprint density at radius 2 is 1.77 bits per heavy atom. The van der Waals surface area contributed by atoms with Gasteiger partial charge >= 0.3 is 6.18 Å². The van der Waals surface area contributed by atoms with Crippen molar-refractivity contribution in [1.82, 2.24) is 9.97 Å². The Hall–Kier alpha value is -3.24. The van der Waals surface area contributed by atoms with Crippen LogP contribution in [0.15, 0.2) is 42.7 Å². The predicted molar refractivity (Wildman–Crippen MR) is 135 cm³/mol. The van der Waals surface area contributed by atoms with Gasteiger partial charge in [-0.1, -0.05) is 6.07 Å². The molecule has 2 N–H and O–H groups in total. The van der Waals surface area contributed by atoms with Crippen molar-refractivity contribution in [3.63, 3.8) is 0 Å². The van der Waals surface area contributed by atoms with E-state index in [1.165, 1.54) is 12.1 Å². The highest BCUT2D eigenvalue weighted by Crippen LogP contribution is 2.61. The molecule has 39 heavy (non-hydrogen) atoms. The second-order valence-electron chi connectivity index (χ2n) is 10.9. The molecule has 5 rings (SSSR count). The lowest BCUT2D eigenvalue weighted by Crippen LogP contribution is -2.19. The lowest BCUT2D eigenvalue weighted by atomic mass is 9.99. The first-order chi connectivity index (χ1) is 18.4. The van der Waals surface area contributed by atoms with Gasteiger partial charge in [0.25, 0.3) is 0 Å². The molecule has 2 aromatic heterocycles. The number of nitrogens with zero attached hydrogens (tertiary/aromatic N) is 2. The highest BCUT2D eigenvalue weighted by atomic mass is 19.4. The number of ether oxygens (including phenoxy) is 2. The van der Waals surface area contributed by atoms with Gasteiger partial charge in [-0.3, -0.25) is 0 Å². The summed E-state index contributed by atoms with van der Waals surface area (Å²) in [6, 6.07) is 6.34. The average molecular weight is 547 g/mol. The molecule has 0 saturated heterocycles. The fraction of sp³-hybridized carbons (Fsp3) is 0.448. The Morgan fingerprint density at radius 3 is 2.49 bits per heavy atom. The van der Waals surface area contributed by atoms with Crippen molar-refractivity contribution in [2.75, 3.05) is 13.2 Å². The Bertz CT molecular complexity index is 1360. The number of benzene rings is 1. The molecule has 0 aliphatic heterocycles. The number of pyridine rings is 2. The molecule has 2 aliphatic rings. The molecule has 2 aliphatic carbocycles. The summed E-state index contributed by atoms with van der Waals surface area (Å²) in [5.74, 6) is 0.569. The van der Waals surface area contributed by atoms with E-state index in [-0.39, 0.29) is 42.4 Å². The largest absolute Gasteiger partial charge is 0.478 e. The molecule has 10 heteroatoms. The highest BCUT2D eigenvalue weighted by molar-refractivity contribution is 5.68. The summed E-state index contributed by atoms with van der Waals surface area (Å²) >= 11 is 0. The smallest absolute Gasteiger partial charge is 0.417 e. The number of hydrogen-bond donors (Lipinski definition) is 2. The Kier molecular flexibility index (Phi) is 7.28. The van der Waals surface area contributed by atoms with Crippen molar-refractivity contribution in [2.45, 2.75) is 57.4 Å². The van der Waals surface area contributed by atoms with Crippen LogP contribution in [0.25, 0.3) is 11.1 Å². The molecule has 0 radical (unpaired) electrons. The molecule has 3 atom stereocenters. The fourth-order valence-electron chi connectivity index (χ4n) is 5.39. The molecule has 208 valence electrons. The second-order valence-corrected chi connectivity index (χ2v) is 10.9. The minimum absolute atomic E-state index is 0.0815. The number of aromatic nitrogens is 2. The van der Waals surface area contributed by atoms with Gasteiger partial charge in [-0.2, -0.15) is 13.2 Å². The van der Waals surface area contributed by atoms with Crippen molar-refractivity contribution in [1.29, 1.82) is 0 Å². The molecule has 2 heterocycles. The summed E-state index contributed by atoms with van der Waals surface area (Å²) in [7, 11) is 0. The van der Waals surface area contributed by atoms with Gasteiger partial charge in [0.2, 0.25) is 11.8 Å². The van der Waals surface area contributed by atoms with Gasteiger partial charge in [-0.25, -0.2) is 14.4 Å². The van der Waals surface area contributed by atoms with E-state index in [1.807, 2.05) is 6.07 Å². The number of halogens is 4. The van der Waals surface area contributed by atoms with Crippen molar-refractivity contribution in [3.8, 4) is 22.9 Å². The summed E-state index contributed by atoms with van der Waals surface area (Å²) in [4.78, 5) is 8.34. The standard InChI is InChI=1S/C29H30F4N2O4/c1-28(2,37)6-3-7-38-26-11-23(29(31,32)33)20(12-34-26)16-4-5-24(30)18(8-16)15-39-25-10-17-9-19-22(14-36)27(19)21(17)13-35-25/h4-5,8,10-13,19,22,27,36-37H,3,6-7,9,14-15H2,1-2H3. The van der Waals surface area contributed by atoms with Crippen molar-refractivity contribution in [2.24, 2.45) is 11.8 Å². The van der Waals surface area contributed by atoms with Crippen LogP contribution in [0.1, 0.15) is 54.9 Å². The first-order valence-electron chi connectivity index (χ1n) is 12.9. The van der Waals surface area contributed by atoms with Crippen LogP contribution in [-0.2, 0) is 19.2 Å². The Labute approximate surface area is 223 Å². The maximum Gasteiger partial charge on any atom is 0.417 e. The van der Waals surface area contributed by atoms with Crippen LogP contribution in [0.5, 0.6) is 11.8 Å². The minimum Gasteiger partial charge on any atom is -0.478 e. The van der Waals surface area contributed by atoms with E-state index < -0.39 is 23.2 Å². The number of alkyl halides is 3. The topological polar surface area (TPSA) is 84.7 Å². The molecule has 1 fully saturated rings. The van der Waals surface area contributed by atoms with Crippen LogP contribution in [0.3, 0.4) is 0 Å². The van der Waals surface area contributed by atoms with Gasteiger partial charge in [0.05, 0.1) is 17.8 Å². The quantitative estimate of drug-likeness (QED) is 0.251. The summed E-state index contributed by atoms with van der Waals surface area (Å²) in [5.41, 5.74) is 0.365. The molecule has 3 aromatic rings. The maximum atomic E-state index is 14.6. The van der Waals surface area contributed by atoms with Crippen LogP contribution in [-0.4, -0.2) is 39.0 Å². The van der Waals surface area contributed by atoms with E-state index >= 15 is 0 Å². The number of fused-ring (bicyclic) bond motifs is 3. The minimum atomic E-state index is -4.70. The van der Waals surface area contributed by atoms with Gasteiger partial charge in [0.1, 0.15) is 12.4 Å². The van der Waals surface area contributed by atoms with Crippen LogP contribution in [0.2, 0.25) is 0 Å². The molecule has 3 unspecified atom stereocenters.